The van der Waals surface area contributed by atoms with Crippen molar-refractivity contribution in [3.8, 4) is 0 Å². The average molecular weight is 432 g/mol. The summed E-state index contributed by atoms with van der Waals surface area (Å²) >= 11 is 0. The van der Waals surface area contributed by atoms with E-state index in [0.29, 0.717) is 18.7 Å². The summed E-state index contributed by atoms with van der Waals surface area (Å²) in [7, 11) is 0. The highest BCUT2D eigenvalue weighted by Gasteiger charge is 2.38. The first-order valence-corrected chi connectivity index (χ1v) is 10.5. The standard InChI is InChI=1S/C23H24N6O3/c30-20(26-22-25-19(27-28-22)12-11-16-7-3-1-4-8-16)15-18-21(31)29(23(32)24-18)14-13-17-9-5-2-6-10-17/h1-10,18H,11-15H2,(H,24,32)(H2,25,26,27,28,30). The summed E-state index contributed by atoms with van der Waals surface area (Å²) in [5, 5.41) is 12.0. The molecule has 1 saturated heterocycles. The van der Waals surface area contributed by atoms with E-state index in [1.54, 1.807) is 0 Å². The summed E-state index contributed by atoms with van der Waals surface area (Å²) in [6, 6.07) is 18.2. The minimum absolute atomic E-state index is 0.149. The van der Waals surface area contributed by atoms with E-state index in [9.17, 15) is 14.4 Å². The summed E-state index contributed by atoms with van der Waals surface area (Å²) in [4.78, 5) is 42.5. The number of carbonyl (C=O) groups excluding carboxylic acids is 3. The van der Waals surface area contributed by atoms with E-state index >= 15 is 0 Å². The van der Waals surface area contributed by atoms with Crippen LogP contribution < -0.4 is 10.6 Å². The van der Waals surface area contributed by atoms with Gasteiger partial charge in [0.15, 0.2) is 0 Å². The Labute approximate surface area is 185 Å². The van der Waals surface area contributed by atoms with Crippen LogP contribution in [0.1, 0.15) is 23.4 Å². The molecule has 9 nitrogen and oxygen atoms in total. The summed E-state index contributed by atoms with van der Waals surface area (Å²) < 4.78 is 0. The summed E-state index contributed by atoms with van der Waals surface area (Å²) in [5.41, 5.74) is 2.21. The first kappa shape index (κ1) is 21.2. The van der Waals surface area contributed by atoms with Crippen LogP contribution in [0.5, 0.6) is 0 Å². The molecule has 9 heteroatoms. The first-order valence-electron chi connectivity index (χ1n) is 10.5. The van der Waals surface area contributed by atoms with Gasteiger partial charge in [-0.2, -0.15) is 4.98 Å². The molecule has 0 saturated carbocycles. The fourth-order valence-electron chi connectivity index (χ4n) is 3.54. The van der Waals surface area contributed by atoms with Crippen molar-refractivity contribution in [3.63, 3.8) is 0 Å². The van der Waals surface area contributed by atoms with Gasteiger partial charge in [-0.15, -0.1) is 5.10 Å². The molecule has 1 atom stereocenters. The van der Waals surface area contributed by atoms with Crippen LogP contribution in [-0.4, -0.2) is 50.5 Å². The lowest BCUT2D eigenvalue weighted by molar-refractivity contribution is -0.129. The maximum Gasteiger partial charge on any atom is 0.324 e. The number of aryl methyl sites for hydroxylation is 2. The summed E-state index contributed by atoms with van der Waals surface area (Å²) in [6.07, 6.45) is 1.83. The van der Waals surface area contributed by atoms with Crippen LogP contribution in [0.25, 0.3) is 0 Å². The molecule has 4 amide bonds. The minimum Gasteiger partial charge on any atom is -0.325 e. The van der Waals surface area contributed by atoms with Gasteiger partial charge in [-0.1, -0.05) is 60.7 Å². The third-order valence-corrected chi connectivity index (χ3v) is 5.24. The van der Waals surface area contributed by atoms with E-state index in [-0.39, 0.29) is 18.9 Å². The Morgan fingerprint density at radius 2 is 1.59 bits per heavy atom. The monoisotopic (exact) mass is 432 g/mol. The molecule has 3 N–H and O–H groups in total. The van der Waals surface area contributed by atoms with Crippen LogP contribution >= 0.6 is 0 Å². The van der Waals surface area contributed by atoms with Gasteiger partial charge in [-0.25, -0.2) is 4.79 Å². The van der Waals surface area contributed by atoms with Gasteiger partial charge in [0.25, 0.3) is 5.91 Å². The molecule has 0 bridgehead atoms. The number of urea groups is 1. The Morgan fingerprint density at radius 3 is 2.28 bits per heavy atom. The van der Waals surface area contributed by atoms with E-state index in [2.05, 4.69) is 25.8 Å². The number of benzene rings is 2. The summed E-state index contributed by atoms with van der Waals surface area (Å²) in [5.74, 6) is -0.0426. The normalized spacial score (nSPS) is 15.6. The predicted molar refractivity (Wildman–Crippen MR) is 118 cm³/mol. The minimum atomic E-state index is -0.894. The van der Waals surface area contributed by atoms with E-state index in [1.807, 2.05) is 60.7 Å². The van der Waals surface area contributed by atoms with Crippen LogP contribution in [0.3, 0.4) is 0 Å². The van der Waals surface area contributed by atoms with Crippen LogP contribution in [0, 0.1) is 0 Å². The molecule has 32 heavy (non-hydrogen) atoms. The lowest BCUT2D eigenvalue weighted by Crippen LogP contribution is -2.35. The molecular formula is C23H24N6O3. The molecule has 4 rings (SSSR count). The first-order chi connectivity index (χ1) is 15.6. The van der Waals surface area contributed by atoms with Crippen molar-refractivity contribution in [2.75, 3.05) is 11.9 Å². The molecule has 1 fully saturated rings. The molecule has 164 valence electrons. The van der Waals surface area contributed by atoms with Crippen LogP contribution in [0.2, 0.25) is 0 Å². The Kier molecular flexibility index (Phi) is 6.54. The zero-order valence-electron chi connectivity index (χ0n) is 17.5. The number of imide groups is 1. The molecule has 1 aliphatic heterocycles. The Balaban J connectivity index is 1.25. The highest BCUT2D eigenvalue weighted by Crippen LogP contribution is 2.13. The highest BCUT2D eigenvalue weighted by atomic mass is 16.2. The third kappa shape index (κ3) is 5.37. The average Bonchev–Trinajstić information content (AvgIpc) is 3.36. The number of rotatable bonds is 9. The van der Waals surface area contributed by atoms with Crippen molar-refractivity contribution in [2.45, 2.75) is 31.7 Å². The zero-order valence-corrected chi connectivity index (χ0v) is 17.5. The Hall–Kier alpha value is -4.01. The molecular weight excluding hydrogens is 408 g/mol. The number of nitrogens with zero attached hydrogens (tertiary/aromatic N) is 3. The molecule has 1 aliphatic rings. The van der Waals surface area contributed by atoms with Gasteiger partial charge in [0.05, 0.1) is 6.42 Å². The quantitative estimate of drug-likeness (QED) is 0.447. The second-order valence-electron chi connectivity index (χ2n) is 7.57. The number of amides is 4. The lowest BCUT2D eigenvalue weighted by atomic mass is 10.1. The van der Waals surface area contributed by atoms with Gasteiger partial charge in [0.1, 0.15) is 11.9 Å². The van der Waals surface area contributed by atoms with E-state index in [0.717, 1.165) is 16.9 Å². The number of nitrogens with one attached hydrogen (secondary N) is 3. The maximum absolute atomic E-state index is 12.6. The van der Waals surface area contributed by atoms with E-state index < -0.39 is 23.9 Å². The van der Waals surface area contributed by atoms with E-state index in [1.165, 1.54) is 5.56 Å². The number of anilines is 1. The van der Waals surface area contributed by atoms with Crippen LogP contribution in [0.4, 0.5) is 10.7 Å². The van der Waals surface area contributed by atoms with Crippen molar-refractivity contribution in [3.05, 3.63) is 77.6 Å². The lowest BCUT2D eigenvalue weighted by Gasteiger charge is -2.12. The number of aromatic amines is 1. The molecule has 0 radical (unpaired) electrons. The fraction of sp³-hybridized carbons (Fsp3) is 0.261. The molecule has 0 spiro atoms. The largest absolute Gasteiger partial charge is 0.325 e. The van der Waals surface area contributed by atoms with Gasteiger partial charge < -0.3 is 5.32 Å². The Morgan fingerprint density at radius 1 is 0.938 bits per heavy atom. The van der Waals surface area contributed by atoms with Crippen molar-refractivity contribution in [1.82, 2.24) is 25.4 Å². The van der Waals surface area contributed by atoms with Crippen molar-refractivity contribution < 1.29 is 14.4 Å². The fourth-order valence-corrected chi connectivity index (χ4v) is 3.54. The highest BCUT2D eigenvalue weighted by molar-refractivity contribution is 6.06. The van der Waals surface area contributed by atoms with Crippen LogP contribution in [0.15, 0.2) is 60.7 Å². The smallest absolute Gasteiger partial charge is 0.324 e. The molecule has 0 aliphatic carbocycles. The number of hydrogen-bond acceptors (Lipinski definition) is 5. The SMILES string of the molecule is O=C(CC1NC(=O)N(CCc2ccccc2)C1=O)Nc1n[nH]c(CCc2ccccc2)n1. The molecule has 1 unspecified atom stereocenters. The van der Waals surface area contributed by atoms with Gasteiger partial charge in [-0.3, -0.25) is 24.9 Å². The van der Waals surface area contributed by atoms with Crippen molar-refractivity contribution >= 4 is 23.8 Å². The number of carbonyl (C=O) groups is 3. The topological polar surface area (TPSA) is 120 Å². The van der Waals surface area contributed by atoms with Crippen LogP contribution in [-0.2, 0) is 28.9 Å². The number of aromatic nitrogens is 3. The molecule has 1 aromatic heterocycles. The van der Waals surface area contributed by atoms with Crippen molar-refractivity contribution in [1.29, 1.82) is 0 Å². The van der Waals surface area contributed by atoms with Gasteiger partial charge >= 0.3 is 6.03 Å². The number of H-pyrrole nitrogens is 1. The zero-order chi connectivity index (χ0) is 22.3. The third-order valence-electron chi connectivity index (χ3n) is 5.24. The predicted octanol–water partition coefficient (Wildman–Crippen LogP) is 2.08. The second-order valence-corrected chi connectivity index (χ2v) is 7.57. The van der Waals surface area contributed by atoms with Gasteiger partial charge in [0.2, 0.25) is 11.9 Å². The second kappa shape index (κ2) is 9.86. The van der Waals surface area contributed by atoms with Gasteiger partial charge in [0, 0.05) is 13.0 Å². The maximum atomic E-state index is 12.6. The number of hydrogen-bond donors (Lipinski definition) is 3. The molecule has 3 aromatic rings. The van der Waals surface area contributed by atoms with Crippen molar-refractivity contribution in [2.24, 2.45) is 0 Å². The van der Waals surface area contributed by atoms with Gasteiger partial charge in [-0.05, 0) is 24.0 Å². The molecule has 2 heterocycles. The Bertz CT molecular complexity index is 1080. The summed E-state index contributed by atoms with van der Waals surface area (Å²) in [6.45, 7) is 0.262. The van der Waals surface area contributed by atoms with E-state index in [4.69, 9.17) is 0 Å². The molecule has 2 aromatic carbocycles.